The molecular formula is C11H15ClF2N2O2S. The molecule has 0 bridgehead atoms. The molecule has 0 atom stereocenters. The minimum absolute atomic E-state index is 0.00187. The summed E-state index contributed by atoms with van der Waals surface area (Å²) in [7, 11) is -4.02. The van der Waals surface area contributed by atoms with Crippen LogP contribution in [0.15, 0.2) is 23.1 Å². The van der Waals surface area contributed by atoms with E-state index in [1.165, 1.54) is 12.1 Å². The second kappa shape index (κ2) is 7.14. The molecule has 0 aliphatic heterocycles. The molecule has 0 aliphatic rings. The Morgan fingerprint density at radius 2 is 2.05 bits per heavy atom. The van der Waals surface area contributed by atoms with Gasteiger partial charge in [0, 0.05) is 6.54 Å². The number of alkyl halides is 2. The fourth-order valence-corrected chi connectivity index (χ4v) is 2.94. The molecule has 0 radical (unpaired) electrons. The Hall–Kier alpha value is -0.760. The lowest BCUT2D eigenvalue weighted by Crippen LogP contribution is -2.29. The minimum Gasteiger partial charge on any atom is -0.313 e. The van der Waals surface area contributed by atoms with Crippen LogP contribution < -0.4 is 10.0 Å². The van der Waals surface area contributed by atoms with E-state index in [0.717, 1.165) is 6.54 Å². The monoisotopic (exact) mass is 312 g/mol. The van der Waals surface area contributed by atoms with E-state index in [2.05, 4.69) is 5.32 Å². The summed E-state index contributed by atoms with van der Waals surface area (Å²) >= 11 is 5.80. The summed E-state index contributed by atoms with van der Waals surface area (Å²) in [6.45, 7) is 2.19. The summed E-state index contributed by atoms with van der Waals surface area (Å²) in [5.74, 6) is 0. The van der Waals surface area contributed by atoms with Crippen LogP contribution in [0.2, 0.25) is 5.02 Å². The molecule has 1 rings (SSSR count). The van der Waals surface area contributed by atoms with Gasteiger partial charge in [-0.15, -0.1) is 0 Å². The zero-order valence-corrected chi connectivity index (χ0v) is 11.9. The van der Waals surface area contributed by atoms with Crippen molar-refractivity contribution in [3.63, 3.8) is 0 Å². The summed E-state index contributed by atoms with van der Waals surface area (Å²) in [6, 6.07) is 4.49. The molecule has 0 spiro atoms. The van der Waals surface area contributed by atoms with Gasteiger partial charge in [0.25, 0.3) is 6.43 Å². The van der Waals surface area contributed by atoms with Gasteiger partial charge in [-0.2, -0.15) is 0 Å². The maximum atomic E-state index is 12.1. The van der Waals surface area contributed by atoms with Gasteiger partial charge in [0.1, 0.15) is 4.90 Å². The van der Waals surface area contributed by atoms with Crippen molar-refractivity contribution < 1.29 is 17.2 Å². The van der Waals surface area contributed by atoms with Gasteiger partial charge in [-0.3, -0.25) is 0 Å². The number of sulfonamides is 1. The fraction of sp³-hybridized carbons (Fsp3) is 0.455. The van der Waals surface area contributed by atoms with Gasteiger partial charge in [-0.05, 0) is 24.2 Å². The van der Waals surface area contributed by atoms with E-state index < -0.39 is 23.0 Å². The number of rotatable bonds is 7. The van der Waals surface area contributed by atoms with Crippen LogP contribution in [0.1, 0.15) is 12.5 Å². The summed E-state index contributed by atoms with van der Waals surface area (Å²) in [5, 5.41) is 3.04. The van der Waals surface area contributed by atoms with Gasteiger partial charge in [-0.1, -0.05) is 24.6 Å². The molecule has 4 nitrogen and oxygen atoms in total. The van der Waals surface area contributed by atoms with Crippen LogP contribution in [0.3, 0.4) is 0 Å². The van der Waals surface area contributed by atoms with Gasteiger partial charge in [0.2, 0.25) is 10.0 Å². The fourth-order valence-electron chi connectivity index (χ4n) is 1.38. The third-order valence-corrected chi connectivity index (χ3v) is 4.20. The molecule has 2 N–H and O–H groups in total. The minimum atomic E-state index is -4.02. The largest absolute Gasteiger partial charge is 0.313 e. The first-order valence-electron chi connectivity index (χ1n) is 5.63. The number of hydrogen-bond acceptors (Lipinski definition) is 3. The number of benzene rings is 1. The summed E-state index contributed by atoms with van der Waals surface area (Å²) in [4.78, 5) is -0.190. The topological polar surface area (TPSA) is 58.2 Å². The van der Waals surface area contributed by atoms with E-state index in [9.17, 15) is 17.2 Å². The Bertz CT molecular complexity index is 523. The molecule has 0 heterocycles. The number of halogens is 3. The molecule has 0 saturated carbocycles. The van der Waals surface area contributed by atoms with Crippen LogP contribution in [0.4, 0.5) is 8.78 Å². The molecule has 0 aromatic heterocycles. The van der Waals surface area contributed by atoms with Crippen molar-refractivity contribution in [3.05, 3.63) is 28.8 Å². The molecule has 108 valence electrons. The molecular weight excluding hydrogens is 298 g/mol. The highest BCUT2D eigenvalue weighted by atomic mass is 35.5. The summed E-state index contributed by atoms with van der Waals surface area (Å²) < 4.78 is 49.6. The molecule has 0 amide bonds. The van der Waals surface area contributed by atoms with E-state index in [-0.39, 0.29) is 9.92 Å². The lowest BCUT2D eigenvalue weighted by Gasteiger charge is -2.10. The Balaban J connectivity index is 2.97. The van der Waals surface area contributed by atoms with Crippen LogP contribution in [0, 0.1) is 0 Å². The predicted octanol–water partition coefficient (Wildman–Crippen LogP) is 1.99. The van der Waals surface area contributed by atoms with Crippen molar-refractivity contribution in [2.24, 2.45) is 0 Å². The maximum absolute atomic E-state index is 12.1. The average molecular weight is 313 g/mol. The maximum Gasteiger partial charge on any atom is 0.251 e. The average Bonchev–Trinajstić information content (AvgIpc) is 2.35. The summed E-state index contributed by atoms with van der Waals surface area (Å²) in [6.07, 6.45) is -2.75. The lowest BCUT2D eigenvalue weighted by atomic mass is 10.2. The standard InChI is InChI=1S/C11H15ClF2N2O2S/c1-2-15-6-8-3-4-9(12)10(5-8)19(17,18)16-7-11(13)14/h3-5,11,15-16H,2,6-7H2,1H3. The highest BCUT2D eigenvalue weighted by Gasteiger charge is 2.19. The molecule has 0 unspecified atom stereocenters. The van der Waals surface area contributed by atoms with Crippen molar-refractivity contribution in [2.75, 3.05) is 13.1 Å². The van der Waals surface area contributed by atoms with Crippen LogP contribution >= 0.6 is 11.6 Å². The smallest absolute Gasteiger partial charge is 0.251 e. The third kappa shape index (κ3) is 5.02. The highest BCUT2D eigenvalue weighted by Crippen LogP contribution is 2.22. The summed E-state index contributed by atoms with van der Waals surface area (Å²) in [5.41, 5.74) is 0.712. The van der Waals surface area contributed by atoms with Crippen LogP contribution in [0.25, 0.3) is 0 Å². The number of nitrogens with one attached hydrogen (secondary N) is 2. The molecule has 8 heteroatoms. The lowest BCUT2D eigenvalue weighted by molar-refractivity contribution is 0.153. The van der Waals surface area contributed by atoms with Gasteiger partial charge in [-0.25, -0.2) is 21.9 Å². The zero-order chi connectivity index (χ0) is 14.5. The molecule has 1 aromatic carbocycles. The van der Waals surface area contributed by atoms with Gasteiger partial charge in [0.05, 0.1) is 11.6 Å². The van der Waals surface area contributed by atoms with Gasteiger partial charge >= 0.3 is 0 Å². The highest BCUT2D eigenvalue weighted by molar-refractivity contribution is 7.89. The van der Waals surface area contributed by atoms with Crippen LogP contribution in [0.5, 0.6) is 0 Å². The molecule has 0 aliphatic carbocycles. The Morgan fingerprint density at radius 3 is 2.63 bits per heavy atom. The Kier molecular flexibility index (Phi) is 6.12. The van der Waals surface area contributed by atoms with Crippen molar-refractivity contribution >= 4 is 21.6 Å². The Labute approximate surface area is 116 Å². The van der Waals surface area contributed by atoms with Crippen LogP contribution in [-0.4, -0.2) is 27.9 Å². The molecule has 1 aromatic rings. The first-order chi connectivity index (χ1) is 8.86. The molecule has 0 fully saturated rings. The van der Waals surface area contributed by atoms with Crippen LogP contribution in [-0.2, 0) is 16.6 Å². The molecule has 19 heavy (non-hydrogen) atoms. The quantitative estimate of drug-likeness (QED) is 0.809. The predicted molar refractivity (Wildman–Crippen MR) is 70.0 cm³/mol. The Morgan fingerprint density at radius 1 is 1.37 bits per heavy atom. The zero-order valence-electron chi connectivity index (χ0n) is 10.3. The van der Waals surface area contributed by atoms with E-state index in [1.807, 2.05) is 11.6 Å². The third-order valence-electron chi connectivity index (χ3n) is 2.29. The van der Waals surface area contributed by atoms with E-state index in [1.54, 1.807) is 6.07 Å². The van der Waals surface area contributed by atoms with E-state index >= 15 is 0 Å². The normalized spacial score (nSPS) is 12.1. The first-order valence-corrected chi connectivity index (χ1v) is 7.50. The van der Waals surface area contributed by atoms with Crippen molar-refractivity contribution in [3.8, 4) is 0 Å². The SMILES string of the molecule is CCNCc1ccc(Cl)c(S(=O)(=O)NCC(F)F)c1. The van der Waals surface area contributed by atoms with E-state index in [4.69, 9.17) is 11.6 Å². The van der Waals surface area contributed by atoms with Gasteiger partial charge in [0.15, 0.2) is 0 Å². The van der Waals surface area contributed by atoms with E-state index in [0.29, 0.717) is 12.1 Å². The van der Waals surface area contributed by atoms with Gasteiger partial charge < -0.3 is 5.32 Å². The molecule has 0 saturated heterocycles. The van der Waals surface area contributed by atoms with Crippen molar-refractivity contribution in [2.45, 2.75) is 24.8 Å². The second-order valence-electron chi connectivity index (χ2n) is 3.79. The number of hydrogen-bond donors (Lipinski definition) is 2. The first kappa shape index (κ1) is 16.3. The van der Waals surface area contributed by atoms with Crippen molar-refractivity contribution in [1.82, 2.24) is 10.0 Å². The van der Waals surface area contributed by atoms with Crippen molar-refractivity contribution in [1.29, 1.82) is 0 Å². The second-order valence-corrected chi connectivity index (χ2v) is 5.93.